The van der Waals surface area contributed by atoms with Gasteiger partial charge in [0.25, 0.3) is 0 Å². The molecular formula is C13H21N3O2S. The van der Waals surface area contributed by atoms with Crippen LogP contribution in [-0.2, 0) is 10.0 Å². The molecule has 0 spiro atoms. The summed E-state index contributed by atoms with van der Waals surface area (Å²) in [7, 11) is -3.48. The van der Waals surface area contributed by atoms with Gasteiger partial charge in [-0.3, -0.25) is 0 Å². The first-order valence-electron chi connectivity index (χ1n) is 6.70. The standard InChI is InChI=1S/C13H21N3O2S/c1-10-4-2-3-5-11(10)9-16-19(17,18)12-6-7-15-13(14)8-12/h6-8,10-11,16H,2-5,9H2,1H3,(H2,14,15). The number of sulfonamides is 1. The summed E-state index contributed by atoms with van der Waals surface area (Å²) in [6.07, 6.45) is 6.15. The third kappa shape index (κ3) is 3.67. The summed E-state index contributed by atoms with van der Waals surface area (Å²) in [4.78, 5) is 3.98. The van der Waals surface area contributed by atoms with Crippen molar-refractivity contribution in [2.24, 2.45) is 11.8 Å². The Bertz CT molecular complexity index is 530. The molecular weight excluding hydrogens is 262 g/mol. The van der Waals surface area contributed by atoms with Crippen LogP contribution in [0.3, 0.4) is 0 Å². The number of anilines is 1. The van der Waals surface area contributed by atoms with Crippen molar-refractivity contribution in [1.82, 2.24) is 9.71 Å². The summed E-state index contributed by atoms with van der Waals surface area (Å²) in [5.41, 5.74) is 5.51. The van der Waals surface area contributed by atoms with Crippen molar-refractivity contribution in [1.29, 1.82) is 0 Å². The maximum Gasteiger partial charge on any atom is 0.240 e. The number of nitrogens with one attached hydrogen (secondary N) is 1. The molecule has 19 heavy (non-hydrogen) atoms. The Hall–Kier alpha value is -1.14. The maximum atomic E-state index is 12.1. The van der Waals surface area contributed by atoms with Crippen LogP contribution in [0.15, 0.2) is 23.2 Å². The molecule has 0 radical (unpaired) electrons. The van der Waals surface area contributed by atoms with Gasteiger partial charge in [-0.25, -0.2) is 18.1 Å². The zero-order valence-electron chi connectivity index (χ0n) is 11.2. The molecule has 1 fully saturated rings. The van der Waals surface area contributed by atoms with Crippen LogP contribution in [0.4, 0.5) is 5.82 Å². The van der Waals surface area contributed by atoms with Crippen LogP contribution in [-0.4, -0.2) is 19.9 Å². The molecule has 0 amide bonds. The largest absolute Gasteiger partial charge is 0.384 e. The molecule has 0 aliphatic heterocycles. The smallest absolute Gasteiger partial charge is 0.240 e. The minimum atomic E-state index is -3.48. The third-order valence-electron chi connectivity index (χ3n) is 3.89. The lowest BCUT2D eigenvalue weighted by atomic mass is 9.81. The maximum absolute atomic E-state index is 12.1. The molecule has 0 saturated heterocycles. The molecule has 5 nitrogen and oxygen atoms in total. The second-order valence-corrected chi connectivity index (χ2v) is 7.06. The van der Waals surface area contributed by atoms with Crippen LogP contribution < -0.4 is 10.5 Å². The van der Waals surface area contributed by atoms with Gasteiger partial charge in [0.15, 0.2) is 0 Å². The fourth-order valence-corrected chi connectivity index (χ4v) is 3.71. The lowest BCUT2D eigenvalue weighted by Gasteiger charge is -2.28. The topological polar surface area (TPSA) is 85.1 Å². The Kier molecular flexibility index (Phi) is 4.42. The van der Waals surface area contributed by atoms with Gasteiger partial charge in [-0.15, -0.1) is 0 Å². The minimum absolute atomic E-state index is 0.184. The molecule has 2 rings (SSSR count). The van der Waals surface area contributed by atoms with Gasteiger partial charge in [-0.2, -0.15) is 0 Å². The summed E-state index contributed by atoms with van der Waals surface area (Å²) >= 11 is 0. The Morgan fingerprint density at radius 1 is 1.42 bits per heavy atom. The van der Waals surface area contributed by atoms with E-state index in [0.29, 0.717) is 18.4 Å². The number of nitrogens with zero attached hydrogens (tertiary/aromatic N) is 1. The molecule has 1 aromatic rings. The van der Waals surface area contributed by atoms with Gasteiger partial charge in [0, 0.05) is 18.8 Å². The molecule has 1 heterocycles. The molecule has 2 unspecified atom stereocenters. The highest BCUT2D eigenvalue weighted by Crippen LogP contribution is 2.29. The van der Waals surface area contributed by atoms with Crippen LogP contribution in [0, 0.1) is 11.8 Å². The van der Waals surface area contributed by atoms with E-state index in [1.807, 2.05) is 0 Å². The van der Waals surface area contributed by atoms with E-state index in [-0.39, 0.29) is 10.7 Å². The highest BCUT2D eigenvalue weighted by atomic mass is 32.2. The third-order valence-corrected chi connectivity index (χ3v) is 5.31. The van der Waals surface area contributed by atoms with E-state index in [2.05, 4.69) is 16.6 Å². The molecule has 1 aliphatic carbocycles. The minimum Gasteiger partial charge on any atom is -0.384 e. The SMILES string of the molecule is CC1CCCCC1CNS(=O)(=O)c1ccnc(N)c1. The van der Waals surface area contributed by atoms with Crippen molar-refractivity contribution >= 4 is 15.8 Å². The van der Waals surface area contributed by atoms with Crippen LogP contribution in [0.2, 0.25) is 0 Å². The molecule has 1 aromatic heterocycles. The molecule has 2 atom stereocenters. The van der Waals surface area contributed by atoms with Crippen LogP contribution in [0.5, 0.6) is 0 Å². The lowest BCUT2D eigenvalue weighted by Crippen LogP contribution is -2.33. The van der Waals surface area contributed by atoms with E-state index in [1.54, 1.807) is 0 Å². The van der Waals surface area contributed by atoms with Crippen molar-refractivity contribution in [3.8, 4) is 0 Å². The molecule has 3 N–H and O–H groups in total. The molecule has 1 saturated carbocycles. The summed E-state index contributed by atoms with van der Waals surface area (Å²) < 4.78 is 27.0. The predicted octanol–water partition coefficient (Wildman–Crippen LogP) is 1.77. The number of pyridine rings is 1. The molecule has 0 aromatic carbocycles. The summed E-state index contributed by atoms with van der Waals surface area (Å²) in [6, 6.07) is 2.84. The number of hydrogen-bond donors (Lipinski definition) is 2. The second kappa shape index (κ2) is 5.88. The van der Waals surface area contributed by atoms with E-state index >= 15 is 0 Å². The molecule has 106 valence electrons. The number of nitrogens with two attached hydrogens (primary N) is 1. The van der Waals surface area contributed by atoms with Gasteiger partial charge in [-0.05, 0) is 24.3 Å². The van der Waals surface area contributed by atoms with Crippen LogP contribution in [0.25, 0.3) is 0 Å². The Morgan fingerprint density at radius 2 is 2.16 bits per heavy atom. The van der Waals surface area contributed by atoms with E-state index in [9.17, 15) is 8.42 Å². The zero-order chi connectivity index (χ0) is 13.9. The van der Waals surface area contributed by atoms with Gasteiger partial charge >= 0.3 is 0 Å². The fourth-order valence-electron chi connectivity index (χ4n) is 2.59. The van der Waals surface area contributed by atoms with Crippen molar-refractivity contribution in [3.05, 3.63) is 18.3 Å². The average molecular weight is 283 g/mol. The van der Waals surface area contributed by atoms with E-state index < -0.39 is 10.0 Å². The number of rotatable bonds is 4. The number of nitrogen functional groups attached to an aromatic ring is 1. The van der Waals surface area contributed by atoms with Crippen molar-refractivity contribution < 1.29 is 8.42 Å². The Labute approximate surface area is 114 Å². The van der Waals surface area contributed by atoms with Gasteiger partial charge < -0.3 is 5.73 Å². The zero-order valence-corrected chi connectivity index (χ0v) is 12.0. The van der Waals surface area contributed by atoms with Crippen molar-refractivity contribution in [3.63, 3.8) is 0 Å². The van der Waals surface area contributed by atoms with Crippen molar-refractivity contribution in [2.75, 3.05) is 12.3 Å². The van der Waals surface area contributed by atoms with E-state index in [4.69, 9.17) is 5.73 Å². The number of hydrogen-bond acceptors (Lipinski definition) is 4. The lowest BCUT2D eigenvalue weighted by molar-refractivity contribution is 0.257. The first-order chi connectivity index (χ1) is 8.99. The Balaban J connectivity index is 2.01. The second-order valence-electron chi connectivity index (χ2n) is 5.29. The van der Waals surface area contributed by atoms with Crippen molar-refractivity contribution in [2.45, 2.75) is 37.5 Å². The van der Waals surface area contributed by atoms with Crippen LogP contribution >= 0.6 is 0 Å². The van der Waals surface area contributed by atoms with E-state index in [1.165, 1.54) is 37.6 Å². The summed E-state index contributed by atoms with van der Waals surface area (Å²) in [6.45, 7) is 2.70. The van der Waals surface area contributed by atoms with Crippen LogP contribution in [0.1, 0.15) is 32.6 Å². The number of aromatic nitrogens is 1. The first-order valence-corrected chi connectivity index (χ1v) is 8.18. The predicted molar refractivity (Wildman–Crippen MR) is 75.0 cm³/mol. The van der Waals surface area contributed by atoms with Gasteiger partial charge in [0.1, 0.15) is 5.82 Å². The monoisotopic (exact) mass is 283 g/mol. The summed E-state index contributed by atoms with van der Waals surface area (Å²) in [5.74, 6) is 1.23. The molecule has 1 aliphatic rings. The van der Waals surface area contributed by atoms with Gasteiger partial charge in [-0.1, -0.05) is 26.2 Å². The quantitative estimate of drug-likeness (QED) is 0.882. The molecule has 0 bridgehead atoms. The average Bonchev–Trinajstić information content (AvgIpc) is 2.38. The van der Waals surface area contributed by atoms with Gasteiger partial charge in [0.05, 0.1) is 4.90 Å². The van der Waals surface area contributed by atoms with Gasteiger partial charge in [0.2, 0.25) is 10.0 Å². The normalized spacial score (nSPS) is 24.3. The summed E-state index contributed by atoms with van der Waals surface area (Å²) in [5, 5.41) is 0. The highest BCUT2D eigenvalue weighted by Gasteiger charge is 2.23. The molecule has 6 heteroatoms. The highest BCUT2D eigenvalue weighted by molar-refractivity contribution is 7.89. The van der Waals surface area contributed by atoms with E-state index in [0.717, 1.165) is 6.42 Å². The Morgan fingerprint density at radius 3 is 2.84 bits per heavy atom. The first kappa shape index (κ1) is 14.3. The fraction of sp³-hybridized carbons (Fsp3) is 0.615.